The first-order valence-electron chi connectivity index (χ1n) is 6.02. The zero-order valence-electron chi connectivity index (χ0n) is 10.5. The van der Waals surface area contributed by atoms with Crippen molar-refractivity contribution in [2.24, 2.45) is 5.73 Å². The van der Waals surface area contributed by atoms with Crippen LogP contribution in [0.25, 0.3) is 11.2 Å². The number of hydrogen-bond donors (Lipinski definition) is 3. The molecule has 0 radical (unpaired) electrons. The second-order valence-electron chi connectivity index (χ2n) is 4.24. The van der Waals surface area contributed by atoms with Crippen LogP contribution in [0.3, 0.4) is 0 Å². The number of carbonyl (C=O) groups is 1. The summed E-state index contributed by atoms with van der Waals surface area (Å²) in [4.78, 5) is 26.6. The van der Waals surface area contributed by atoms with Crippen LogP contribution >= 0.6 is 11.6 Å². The first-order valence-corrected chi connectivity index (χ1v) is 6.40. The highest BCUT2D eigenvalue weighted by molar-refractivity contribution is 6.33. The van der Waals surface area contributed by atoms with E-state index < -0.39 is 0 Å². The van der Waals surface area contributed by atoms with E-state index in [0.29, 0.717) is 11.2 Å². The number of H-pyrrole nitrogens is 1. The maximum Gasteiger partial charge on any atom is 0.233 e. The average molecular weight is 283 g/mol. The molecule has 0 aliphatic heterocycles. The highest BCUT2D eigenvalue weighted by Crippen LogP contribution is 2.18. The van der Waals surface area contributed by atoms with Gasteiger partial charge in [-0.05, 0) is 6.42 Å². The van der Waals surface area contributed by atoms with E-state index in [0.717, 1.165) is 12.8 Å². The van der Waals surface area contributed by atoms with Crippen LogP contribution < -0.4 is 11.1 Å². The Labute approximate surface area is 115 Å². The van der Waals surface area contributed by atoms with Gasteiger partial charge in [0.2, 0.25) is 11.9 Å². The fourth-order valence-electron chi connectivity index (χ4n) is 1.74. The molecule has 0 saturated carbocycles. The molecule has 102 valence electrons. The number of anilines is 1. The SMILES string of the molecule is CCCC(N)CC(=O)Nc1nc(Cl)c2[nH]cnc2n1. The number of halogens is 1. The largest absolute Gasteiger partial charge is 0.341 e. The lowest BCUT2D eigenvalue weighted by atomic mass is 10.1. The van der Waals surface area contributed by atoms with E-state index in [1.807, 2.05) is 6.92 Å². The number of rotatable bonds is 5. The molecular weight excluding hydrogens is 268 g/mol. The summed E-state index contributed by atoms with van der Waals surface area (Å²) in [5, 5.41) is 2.79. The number of nitrogens with zero attached hydrogens (tertiary/aromatic N) is 3. The fourth-order valence-corrected chi connectivity index (χ4v) is 1.96. The van der Waals surface area contributed by atoms with Gasteiger partial charge in [-0.2, -0.15) is 9.97 Å². The summed E-state index contributed by atoms with van der Waals surface area (Å²) in [7, 11) is 0. The number of carbonyl (C=O) groups excluding carboxylic acids is 1. The minimum Gasteiger partial charge on any atom is -0.341 e. The summed E-state index contributed by atoms with van der Waals surface area (Å²) in [5.41, 5.74) is 6.75. The molecule has 0 aliphatic carbocycles. The molecule has 1 unspecified atom stereocenters. The number of aromatic nitrogens is 4. The van der Waals surface area contributed by atoms with E-state index in [-0.39, 0.29) is 29.5 Å². The first-order chi connectivity index (χ1) is 9.10. The van der Waals surface area contributed by atoms with Gasteiger partial charge in [0.15, 0.2) is 10.8 Å². The standard InChI is InChI=1S/C11H15ClN6O/c1-2-3-6(13)4-7(19)16-11-17-9(12)8-10(18-11)15-5-14-8/h5-6H,2-4,13H2,1H3,(H2,14,15,16,17,18,19). The van der Waals surface area contributed by atoms with Gasteiger partial charge in [0.05, 0.1) is 6.33 Å². The number of nitrogens with two attached hydrogens (primary N) is 1. The van der Waals surface area contributed by atoms with Crippen LogP contribution in [0.4, 0.5) is 5.95 Å². The molecule has 0 aromatic carbocycles. The van der Waals surface area contributed by atoms with Crippen LogP contribution in [0, 0.1) is 0 Å². The molecule has 2 aromatic heterocycles. The molecule has 0 bridgehead atoms. The molecule has 0 saturated heterocycles. The van der Waals surface area contributed by atoms with Crippen LogP contribution in [0.5, 0.6) is 0 Å². The number of hydrogen-bond acceptors (Lipinski definition) is 5. The van der Waals surface area contributed by atoms with E-state index >= 15 is 0 Å². The number of nitrogens with one attached hydrogen (secondary N) is 2. The summed E-state index contributed by atoms with van der Waals surface area (Å²) in [5.74, 6) is -0.0924. The van der Waals surface area contributed by atoms with Gasteiger partial charge in [0.1, 0.15) is 5.52 Å². The van der Waals surface area contributed by atoms with Crippen LogP contribution in [-0.4, -0.2) is 31.9 Å². The van der Waals surface area contributed by atoms with Crippen molar-refractivity contribution in [1.82, 2.24) is 19.9 Å². The lowest BCUT2D eigenvalue weighted by Crippen LogP contribution is -2.27. The molecule has 2 heterocycles. The summed E-state index contributed by atoms with van der Waals surface area (Å²) in [6, 6.07) is -0.158. The smallest absolute Gasteiger partial charge is 0.233 e. The number of fused-ring (bicyclic) bond motifs is 1. The number of aromatic amines is 1. The van der Waals surface area contributed by atoms with E-state index in [1.165, 1.54) is 6.33 Å². The third-order valence-electron chi connectivity index (χ3n) is 2.60. The van der Waals surface area contributed by atoms with Crippen molar-refractivity contribution in [3.05, 3.63) is 11.5 Å². The third-order valence-corrected chi connectivity index (χ3v) is 2.87. The Morgan fingerprint density at radius 3 is 3.11 bits per heavy atom. The minimum absolute atomic E-state index is 0.137. The van der Waals surface area contributed by atoms with Crippen molar-refractivity contribution >= 4 is 34.6 Å². The molecule has 0 fully saturated rings. The third kappa shape index (κ3) is 3.39. The Balaban J connectivity index is 2.06. The Hall–Kier alpha value is -1.73. The van der Waals surface area contributed by atoms with Gasteiger partial charge in [-0.3, -0.25) is 10.1 Å². The zero-order valence-corrected chi connectivity index (χ0v) is 11.2. The van der Waals surface area contributed by atoms with Gasteiger partial charge >= 0.3 is 0 Å². The zero-order chi connectivity index (χ0) is 13.8. The van der Waals surface area contributed by atoms with Gasteiger partial charge in [-0.15, -0.1) is 0 Å². The Bertz CT molecular complexity index is 584. The fraction of sp³-hybridized carbons (Fsp3) is 0.455. The number of amides is 1. The Kier molecular flexibility index (Phi) is 4.28. The van der Waals surface area contributed by atoms with Crippen LogP contribution in [0.2, 0.25) is 5.15 Å². The lowest BCUT2D eigenvalue weighted by molar-refractivity contribution is -0.116. The van der Waals surface area contributed by atoms with E-state index in [2.05, 4.69) is 25.3 Å². The van der Waals surface area contributed by atoms with Crippen molar-refractivity contribution < 1.29 is 4.79 Å². The van der Waals surface area contributed by atoms with Crippen molar-refractivity contribution in [3.8, 4) is 0 Å². The molecule has 8 heteroatoms. The van der Waals surface area contributed by atoms with Crippen LogP contribution in [0.1, 0.15) is 26.2 Å². The Morgan fingerprint density at radius 2 is 2.37 bits per heavy atom. The molecule has 4 N–H and O–H groups in total. The highest BCUT2D eigenvalue weighted by atomic mass is 35.5. The van der Waals surface area contributed by atoms with Gasteiger partial charge in [0, 0.05) is 12.5 Å². The van der Waals surface area contributed by atoms with Gasteiger partial charge in [0.25, 0.3) is 0 Å². The van der Waals surface area contributed by atoms with Gasteiger partial charge < -0.3 is 10.7 Å². The van der Waals surface area contributed by atoms with Gasteiger partial charge in [-0.1, -0.05) is 24.9 Å². The predicted octanol–water partition coefficient (Wildman–Crippen LogP) is 1.46. The maximum absolute atomic E-state index is 11.7. The van der Waals surface area contributed by atoms with E-state index in [1.54, 1.807) is 0 Å². The normalized spacial score (nSPS) is 12.6. The average Bonchev–Trinajstić information content (AvgIpc) is 2.77. The summed E-state index contributed by atoms with van der Waals surface area (Å²) in [6.45, 7) is 2.02. The predicted molar refractivity (Wildman–Crippen MR) is 72.8 cm³/mol. The molecule has 1 atom stereocenters. The molecule has 2 rings (SSSR count). The molecule has 7 nitrogen and oxygen atoms in total. The lowest BCUT2D eigenvalue weighted by Gasteiger charge is -2.09. The molecular formula is C11H15ClN6O. The van der Waals surface area contributed by atoms with E-state index in [4.69, 9.17) is 17.3 Å². The quantitative estimate of drug-likeness (QED) is 0.719. The summed E-state index contributed by atoms with van der Waals surface area (Å²) < 4.78 is 0. The summed E-state index contributed by atoms with van der Waals surface area (Å²) in [6.07, 6.45) is 3.44. The molecule has 1 amide bonds. The van der Waals surface area contributed by atoms with Gasteiger partial charge in [-0.25, -0.2) is 4.98 Å². The maximum atomic E-state index is 11.7. The second-order valence-corrected chi connectivity index (χ2v) is 4.60. The monoisotopic (exact) mass is 282 g/mol. The van der Waals surface area contributed by atoms with Crippen molar-refractivity contribution in [2.75, 3.05) is 5.32 Å². The molecule has 2 aromatic rings. The summed E-state index contributed by atoms with van der Waals surface area (Å²) >= 11 is 5.94. The van der Waals surface area contributed by atoms with Crippen LogP contribution in [-0.2, 0) is 4.79 Å². The number of imidazole rings is 1. The van der Waals surface area contributed by atoms with E-state index in [9.17, 15) is 4.79 Å². The molecule has 0 spiro atoms. The van der Waals surface area contributed by atoms with Crippen LogP contribution in [0.15, 0.2) is 6.33 Å². The molecule has 0 aliphatic rings. The Morgan fingerprint density at radius 1 is 1.58 bits per heavy atom. The molecule has 19 heavy (non-hydrogen) atoms. The second kappa shape index (κ2) is 5.94. The first kappa shape index (κ1) is 13.7. The van der Waals surface area contributed by atoms with Crippen molar-refractivity contribution in [2.45, 2.75) is 32.2 Å². The topological polar surface area (TPSA) is 110 Å². The highest BCUT2D eigenvalue weighted by Gasteiger charge is 2.13. The van der Waals surface area contributed by atoms with Crippen molar-refractivity contribution in [1.29, 1.82) is 0 Å². The van der Waals surface area contributed by atoms with Crippen molar-refractivity contribution in [3.63, 3.8) is 0 Å². The minimum atomic E-state index is -0.230.